The topological polar surface area (TPSA) is 64.9 Å². The fraction of sp³-hybridized carbons (Fsp3) is 0.538. The Bertz CT molecular complexity index is 592. The zero-order chi connectivity index (χ0) is 12.9. The summed E-state index contributed by atoms with van der Waals surface area (Å²) in [4.78, 5) is 5.90. The van der Waals surface area contributed by atoms with Gasteiger partial charge in [0, 0.05) is 10.3 Å². The van der Waals surface area contributed by atoms with Gasteiger partial charge in [-0.15, -0.1) is 11.3 Å². The molecular formula is C13H17N3OS. The van der Waals surface area contributed by atoms with E-state index in [4.69, 9.17) is 10.3 Å². The molecular weight excluding hydrogens is 246 g/mol. The van der Waals surface area contributed by atoms with Crippen LogP contribution in [0.15, 0.2) is 4.52 Å². The molecule has 2 heterocycles. The van der Waals surface area contributed by atoms with Crippen molar-refractivity contribution in [3.05, 3.63) is 16.3 Å². The summed E-state index contributed by atoms with van der Waals surface area (Å²) in [5.74, 6) is 1.31. The zero-order valence-corrected chi connectivity index (χ0v) is 11.7. The maximum atomic E-state index is 6.09. The number of aryl methyl sites for hydroxylation is 1. The van der Waals surface area contributed by atoms with Gasteiger partial charge in [0.15, 0.2) is 5.82 Å². The van der Waals surface area contributed by atoms with E-state index in [9.17, 15) is 0 Å². The fourth-order valence-electron chi connectivity index (χ4n) is 2.29. The van der Waals surface area contributed by atoms with Crippen LogP contribution in [0.5, 0.6) is 0 Å². The number of nitrogen functional groups attached to an aromatic ring is 1. The molecule has 0 radical (unpaired) electrons. The van der Waals surface area contributed by atoms with Crippen LogP contribution in [-0.4, -0.2) is 10.1 Å². The second-order valence-corrected chi connectivity index (χ2v) is 6.91. The molecule has 2 aromatic heterocycles. The van der Waals surface area contributed by atoms with Gasteiger partial charge in [0.2, 0.25) is 0 Å². The monoisotopic (exact) mass is 263 g/mol. The van der Waals surface area contributed by atoms with Gasteiger partial charge in [-0.1, -0.05) is 25.9 Å². The van der Waals surface area contributed by atoms with Crippen molar-refractivity contribution < 1.29 is 4.52 Å². The first kappa shape index (κ1) is 11.7. The van der Waals surface area contributed by atoms with Crippen LogP contribution in [0, 0.1) is 0 Å². The summed E-state index contributed by atoms with van der Waals surface area (Å²) >= 11 is 1.67. The van der Waals surface area contributed by atoms with E-state index in [2.05, 4.69) is 30.9 Å². The molecule has 0 aliphatic heterocycles. The molecule has 96 valence electrons. The third kappa shape index (κ3) is 1.73. The summed E-state index contributed by atoms with van der Waals surface area (Å²) in [7, 11) is 0. The van der Waals surface area contributed by atoms with Gasteiger partial charge in [-0.2, -0.15) is 4.98 Å². The molecule has 0 unspecified atom stereocenters. The average molecular weight is 263 g/mol. The van der Waals surface area contributed by atoms with Crippen molar-refractivity contribution in [3.63, 3.8) is 0 Å². The van der Waals surface area contributed by atoms with Gasteiger partial charge in [0.25, 0.3) is 5.89 Å². The molecule has 0 spiro atoms. The molecule has 0 bridgehead atoms. The Kier molecular flexibility index (Phi) is 2.48. The molecule has 3 rings (SSSR count). The lowest BCUT2D eigenvalue weighted by molar-refractivity contribution is 0.402. The average Bonchev–Trinajstić information content (AvgIpc) is 2.89. The normalized spacial score (nSPS) is 15.1. The molecule has 1 aliphatic rings. The van der Waals surface area contributed by atoms with Crippen molar-refractivity contribution in [3.8, 4) is 11.5 Å². The van der Waals surface area contributed by atoms with Gasteiger partial charge in [-0.25, -0.2) is 0 Å². The highest BCUT2D eigenvalue weighted by atomic mass is 32.1. The van der Waals surface area contributed by atoms with Gasteiger partial charge in [0.1, 0.15) is 0 Å². The highest BCUT2D eigenvalue weighted by molar-refractivity contribution is 7.16. The predicted molar refractivity (Wildman–Crippen MR) is 72.7 cm³/mol. The number of hydrogen-bond acceptors (Lipinski definition) is 5. The number of nitrogens with two attached hydrogens (primary N) is 1. The second kappa shape index (κ2) is 3.82. The van der Waals surface area contributed by atoms with Gasteiger partial charge < -0.3 is 10.3 Å². The molecule has 0 amide bonds. The van der Waals surface area contributed by atoms with Crippen molar-refractivity contribution in [2.24, 2.45) is 0 Å². The quantitative estimate of drug-likeness (QED) is 0.858. The minimum Gasteiger partial charge on any atom is -0.390 e. The van der Waals surface area contributed by atoms with Gasteiger partial charge in [-0.05, 0) is 24.8 Å². The number of fused-ring (bicyclic) bond motifs is 1. The Labute approximate surface area is 110 Å². The molecule has 1 aliphatic carbocycles. The Morgan fingerprint density at radius 2 is 2.06 bits per heavy atom. The van der Waals surface area contributed by atoms with E-state index in [1.807, 2.05) is 0 Å². The first-order chi connectivity index (χ1) is 8.47. The zero-order valence-electron chi connectivity index (χ0n) is 10.9. The minimum absolute atomic E-state index is 0.101. The van der Waals surface area contributed by atoms with E-state index in [1.54, 1.807) is 11.3 Å². The van der Waals surface area contributed by atoms with Crippen LogP contribution in [0.4, 0.5) is 5.00 Å². The van der Waals surface area contributed by atoms with E-state index in [1.165, 1.54) is 16.9 Å². The summed E-state index contributed by atoms with van der Waals surface area (Å²) in [5, 5.41) is 4.88. The third-order valence-electron chi connectivity index (χ3n) is 3.26. The summed E-state index contributed by atoms with van der Waals surface area (Å²) in [5.41, 5.74) is 8.29. The molecule has 5 heteroatoms. The highest BCUT2D eigenvalue weighted by Crippen LogP contribution is 2.43. The van der Waals surface area contributed by atoms with Crippen LogP contribution < -0.4 is 5.73 Å². The fourth-order valence-corrected chi connectivity index (χ4v) is 3.44. The third-order valence-corrected chi connectivity index (χ3v) is 4.38. The molecule has 0 aromatic carbocycles. The highest BCUT2D eigenvalue weighted by Gasteiger charge is 2.27. The number of anilines is 1. The van der Waals surface area contributed by atoms with Gasteiger partial charge >= 0.3 is 0 Å². The molecule has 0 atom stereocenters. The standard InChI is InChI=1S/C13H17N3OS/c1-13(2,3)12-15-11(17-16-12)9-7-5-4-6-8(7)18-10(9)14/h4-6,14H2,1-3H3. The first-order valence-corrected chi connectivity index (χ1v) is 7.03. The van der Waals surface area contributed by atoms with Crippen molar-refractivity contribution in [2.75, 3.05) is 5.73 Å². The van der Waals surface area contributed by atoms with Gasteiger partial charge in [0.05, 0.1) is 10.6 Å². The van der Waals surface area contributed by atoms with E-state index in [0.717, 1.165) is 29.2 Å². The SMILES string of the molecule is CC(C)(C)c1noc(-c2c(N)sc3c2CCC3)n1. The Morgan fingerprint density at radius 3 is 2.72 bits per heavy atom. The lowest BCUT2D eigenvalue weighted by atomic mass is 9.96. The second-order valence-electron chi connectivity index (χ2n) is 5.77. The number of hydrogen-bond donors (Lipinski definition) is 1. The Balaban J connectivity index is 2.08. The van der Waals surface area contributed by atoms with Crippen LogP contribution in [0.25, 0.3) is 11.5 Å². The van der Waals surface area contributed by atoms with Crippen LogP contribution in [0.3, 0.4) is 0 Å². The molecule has 0 saturated carbocycles. The molecule has 2 aromatic rings. The lowest BCUT2D eigenvalue weighted by Crippen LogP contribution is -2.13. The van der Waals surface area contributed by atoms with E-state index in [-0.39, 0.29) is 5.41 Å². The molecule has 4 nitrogen and oxygen atoms in total. The minimum atomic E-state index is -0.101. The first-order valence-electron chi connectivity index (χ1n) is 6.21. The van der Waals surface area contributed by atoms with E-state index >= 15 is 0 Å². The summed E-state index contributed by atoms with van der Waals surface area (Å²) < 4.78 is 5.41. The number of thiophene rings is 1. The van der Waals surface area contributed by atoms with Crippen molar-refractivity contribution in [1.82, 2.24) is 10.1 Å². The van der Waals surface area contributed by atoms with E-state index in [0.29, 0.717) is 5.89 Å². The lowest BCUT2D eigenvalue weighted by Gasteiger charge is -2.10. The van der Waals surface area contributed by atoms with Crippen LogP contribution in [-0.2, 0) is 18.3 Å². The number of aromatic nitrogens is 2. The summed E-state index contributed by atoms with van der Waals surface area (Å²) in [6, 6.07) is 0. The van der Waals surface area contributed by atoms with Crippen molar-refractivity contribution in [1.29, 1.82) is 0 Å². The van der Waals surface area contributed by atoms with Crippen LogP contribution in [0.2, 0.25) is 0 Å². The van der Waals surface area contributed by atoms with Gasteiger partial charge in [-0.3, -0.25) is 0 Å². The molecule has 0 saturated heterocycles. The van der Waals surface area contributed by atoms with Crippen LogP contribution >= 0.6 is 11.3 Å². The van der Waals surface area contributed by atoms with E-state index < -0.39 is 0 Å². The summed E-state index contributed by atoms with van der Waals surface area (Å²) in [6.45, 7) is 6.22. The molecule has 2 N–H and O–H groups in total. The summed E-state index contributed by atoms with van der Waals surface area (Å²) in [6.07, 6.45) is 3.41. The maximum Gasteiger partial charge on any atom is 0.261 e. The maximum absolute atomic E-state index is 6.09. The molecule has 0 fully saturated rings. The molecule has 18 heavy (non-hydrogen) atoms. The largest absolute Gasteiger partial charge is 0.390 e. The predicted octanol–water partition coefficient (Wildman–Crippen LogP) is 3.17. The van der Waals surface area contributed by atoms with Crippen molar-refractivity contribution >= 4 is 16.3 Å². The Morgan fingerprint density at radius 1 is 1.28 bits per heavy atom. The number of rotatable bonds is 1. The van der Waals surface area contributed by atoms with Crippen LogP contribution in [0.1, 0.15) is 43.5 Å². The Hall–Kier alpha value is -1.36. The smallest absolute Gasteiger partial charge is 0.261 e. The number of nitrogens with zero attached hydrogens (tertiary/aromatic N) is 2. The van der Waals surface area contributed by atoms with Crippen molar-refractivity contribution in [2.45, 2.75) is 45.4 Å².